The highest BCUT2D eigenvalue weighted by atomic mass is 79.9. The molecule has 0 unspecified atom stereocenters. The van der Waals surface area contributed by atoms with Gasteiger partial charge in [0.2, 0.25) is 0 Å². The van der Waals surface area contributed by atoms with Gasteiger partial charge in [0.15, 0.2) is 5.50 Å². The number of halogens is 2. The van der Waals surface area contributed by atoms with Gasteiger partial charge in [0.1, 0.15) is 5.75 Å². The molecule has 1 saturated heterocycles. The van der Waals surface area contributed by atoms with E-state index in [4.69, 9.17) is 4.74 Å². The number of hydrogen-bond acceptors (Lipinski definition) is 4. The Balaban J connectivity index is 1.73. The smallest absolute Gasteiger partial charge is 0.260 e. The first-order valence-corrected chi connectivity index (χ1v) is 11.1. The minimum absolute atomic E-state index is 0.0798. The second-order valence-electron chi connectivity index (χ2n) is 5.92. The summed E-state index contributed by atoms with van der Waals surface area (Å²) in [4.78, 5) is 13.0. The minimum atomic E-state index is -0.189. The molecule has 4 nitrogen and oxygen atoms in total. The van der Waals surface area contributed by atoms with Crippen molar-refractivity contribution in [1.82, 2.24) is 5.32 Å². The summed E-state index contributed by atoms with van der Waals surface area (Å²) in [6.07, 6.45) is 2.89. The second-order valence-corrected chi connectivity index (χ2v) is 8.78. The average Bonchev–Trinajstić information content (AvgIpc) is 2.98. The van der Waals surface area contributed by atoms with Gasteiger partial charge in [-0.2, -0.15) is 0 Å². The lowest BCUT2D eigenvalue weighted by molar-refractivity contribution is -0.116. The maximum atomic E-state index is 12.3. The zero-order chi connectivity index (χ0) is 19.4. The molecule has 2 aromatic carbocycles. The van der Waals surface area contributed by atoms with Crippen LogP contribution in [0.4, 0.5) is 5.69 Å². The first-order valence-electron chi connectivity index (χ1n) is 8.66. The molecule has 2 N–H and O–H groups in total. The van der Waals surface area contributed by atoms with Gasteiger partial charge >= 0.3 is 0 Å². The van der Waals surface area contributed by atoms with Crippen molar-refractivity contribution in [3.63, 3.8) is 0 Å². The third-order valence-corrected chi connectivity index (χ3v) is 6.20. The predicted octanol–water partition coefficient (Wildman–Crippen LogP) is 5.77. The van der Waals surface area contributed by atoms with Gasteiger partial charge in [-0.25, -0.2) is 0 Å². The molecule has 27 heavy (non-hydrogen) atoms. The van der Waals surface area contributed by atoms with Crippen LogP contribution >= 0.6 is 43.6 Å². The van der Waals surface area contributed by atoms with Crippen LogP contribution in [-0.2, 0) is 11.2 Å². The van der Waals surface area contributed by atoms with Crippen LogP contribution in [0.15, 0.2) is 50.2 Å². The largest absolute Gasteiger partial charge is 0.492 e. The van der Waals surface area contributed by atoms with E-state index in [-0.39, 0.29) is 11.4 Å². The van der Waals surface area contributed by atoms with Gasteiger partial charge in [-0.05, 0) is 86.7 Å². The summed E-state index contributed by atoms with van der Waals surface area (Å²) in [5.41, 5.74) is 3.00. The number of benzene rings is 2. The fourth-order valence-electron chi connectivity index (χ4n) is 2.65. The van der Waals surface area contributed by atoms with Gasteiger partial charge in [0.05, 0.1) is 20.5 Å². The van der Waals surface area contributed by atoms with E-state index < -0.39 is 0 Å². The molecular formula is C20H20Br2N2O2S. The monoisotopic (exact) mass is 510 g/mol. The van der Waals surface area contributed by atoms with E-state index in [9.17, 15) is 4.79 Å². The summed E-state index contributed by atoms with van der Waals surface area (Å²) in [5.74, 6) is 0.682. The molecule has 142 valence electrons. The summed E-state index contributed by atoms with van der Waals surface area (Å²) in [6.45, 7) is 4.66. The molecule has 7 heteroatoms. The Morgan fingerprint density at radius 3 is 2.44 bits per heavy atom. The minimum Gasteiger partial charge on any atom is -0.492 e. The molecule has 1 heterocycles. The Morgan fingerprint density at radius 2 is 1.85 bits per heavy atom. The molecule has 1 fully saturated rings. The number of anilines is 1. The summed E-state index contributed by atoms with van der Waals surface area (Å²) in [6, 6.07) is 12.1. The maximum Gasteiger partial charge on any atom is 0.260 e. The standard InChI is InChI=1S/C20H20Br2N2O2S/c1-3-12-5-7-14(8-6-12)23-20-24-19(25)17(27-20)11-13-9-15(21)18(26-4-2)16(22)10-13/h5-11,20,23H,3-4H2,1-2H3,(H,24,25)/b17-11-/t20-/m0/s1. The molecule has 1 aliphatic heterocycles. The van der Waals surface area contributed by atoms with Gasteiger partial charge in [-0.3, -0.25) is 4.79 Å². The highest BCUT2D eigenvalue weighted by molar-refractivity contribution is 9.11. The van der Waals surface area contributed by atoms with Crippen LogP contribution in [0.5, 0.6) is 5.75 Å². The normalized spacial score (nSPS) is 17.9. The molecular weight excluding hydrogens is 492 g/mol. The number of aryl methyl sites for hydroxylation is 1. The second kappa shape index (κ2) is 9.17. The molecule has 0 aromatic heterocycles. The van der Waals surface area contributed by atoms with Gasteiger partial charge in [-0.15, -0.1) is 0 Å². The Labute approximate surface area is 180 Å². The third-order valence-electron chi connectivity index (χ3n) is 4.00. The number of rotatable bonds is 6. The Kier molecular flexibility index (Phi) is 6.89. The Hall–Kier alpha value is -1.44. The van der Waals surface area contributed by atoms with Crippen molar-refractivity contribution in [1.29, 1.82) is 0 Å². The molecule has 0 radical (unpaired) electrons. The zero-order valence-corrected chi connectivity index (χ0v) is 19.0. The number of carbonyl (C=O) groups excluding carboxylic acids is 1. The lowest BCUT2D eigenvalue weighted by Crippen LogP contribution is -2.30. The van der Waals surface area contributed by atoms with Crippen molar-refractivity contribution in [3.8, 4) is 5.75 Å². The lowest BCUT2D eigenvalue weighted by atomic mass is 10.1. The zero-order valence-electron chi connectivity index (χ0n) is 15.0. The fraction of sp³-hybridized carbons (Fsp3) is 0.250. The molecule has 1 atom stereocenters. The molecule has 1 amide bonds. The van der Waals surface area contributed by atoms with Gasteiger partial charge in [-0.1, -0.05) is 30.8 Å². The Bertz CT molecular complexity index is 846. The van der Waals surface area contributed by atoms with E-state index in [0.717, 1.165) is 32.4 Å². The van der Waals surface area contributed by atoms with Crippen LogP contribution in [0.3, 0.4) is 0 Å². The molecule has 0 aliphatic carbocycles. The van der Waals surface area contributed by atoms with E-state index >= 15 is 0 Å². The van der Waals surface area contributed by atoms with Crippen LogP contribution in [0.2, 0.25) is 0 Å². The van der Waals surface area contributed by atoms with E-state index in [1.165, 1.54) is 17.3 Å². The first kappa shape index (κ1) is 20.3. The van der Waals surface area contributed by atoms with Crippen molar-refractivity contribution < 1.29 is 9.53 Å². The third kappa shape index (κ3) is 5.09. The lowest BCUT2D eigenvalue weighted by Gasteiger charge is -2.13. The topological polar surface area (TPSA) is 50.4 Å². The van der Waals surface area contributed by atoms with Crippen molar-refractivity contribution in [3.05, 3.63) is 61.4 Å². The average molecular weight is 512 g/mol. The number of carbonyl (C=O) groups is 1. The Morgan fingerprint density at radius 1 is 1.19 bits per heavy atom. The summed E-state index contributed by atoms with van der Waals surface area (Å²) < 4.78 is 7.30. The number of amides is 1. The van der Waals surface area contributed by atoms with Crippen LogP contribution in [0.25, 0.3) is 6.08 Å². The van der Waals surface area contributed by atoms with Crippen molar-refractivity contribution in [2.75, 3.05) is 11.9 Å². The number of ether oxygens (including phenoxy) is 1. The molecule has 0 saturated carbocycles. The van der Waals surface area contributed by atoms with E-state index in [1.54, 1.807) is 0 Å². The van der Waals surface area contributed by atoms with Crippen molar-refractivity contribution >= 4 is 61.3 Å². The van der Waals surface area contributed by atoms with Crippen molar-refractivity contribution in [2.24, 2.45) is 0 Å². The quantitative estimate of drug-likeness (QED) is 0.483. The highest BCUT2D eigenvalue weighted by Crippen LogP contribution is 2.37. The van der Waals surface area contributed by atoms with Crippen LogP contribution in [0, 0.1) is 0 Å². The fourth-order valence-corrected chi connectivity index (χ4v) is 5.09. The molecule has 2 aromatic rings. The van der Waals surface area contributed by atoms with E-state index in [0.29, 0.717) is 11.5 Å². The molecule has 0 spiro atoms. The van der Waals surface area contributed by atoms with E-state index in [1.807, 2.05) is 37.3 Å². The molecule has 3 rings (SSSR count). The van der Waals surface area contributed by atoms with Gasteiger partial charge < -0.3 is 15.4 Å². The van der Waals surface area contributed by atoms with Crippen LogP contribution in [0.1, 0.15) is 25.0 Å². The summed E-state index contributed by atoms with van der Waals surface area (Å²) in [5, 5.41) is 6.30. The van der Waals surface area contributed by atoms with Gasteiger partial charge in [0.25, 0.3) is 5.91 Å². The number of nitrogens with one attached hydrogen (secondary N) is 2. The predicted molar refractivity (Wildman–Crippen MR) is 120 cm³/mol. The van der Waals surface area contributed by atoms with Gasteiger partial charge in [0, 0.05) is 5.69 Å². The van der Waals surface area contributed by atoms with Crippen molar-refractivity contribution in [2.45, 2.75) is 25.8 Å². The molecule has 1 aliphatic rings. The molecule has 0 bridgehead atoms. The number of hydrogen-bond donors (Lipinski definition) is 2. The van der Waals surface area contributed by atoms with Crippen LogP contribution in [-0.4, -0.2) is 18.0 Å². The van der Waals surface area contributed by atoms with Crippen LogP contribution < -0.4 is 15.4 Å². The summed E-state index contributed by atoms with van der Waals surface area (Å²) in [7, 11) is 0. The highest BCUT2D eigenvalue weighted by Gasteiger charge is 2.27. The summed E-state index contributed by atoms with van der Waals surface area (Å²) >= 11 is 8.53. The first-order chi connectivity index (χ1) is 13.0. The maximum absolute atomic E-state index is 12.3. The number of thioether (sulfide) groups is 1. The van der Waals surface area contributed by atoms with E-state index in [2.05, 4.69) is 61.5 Å². The SMILES string of the molecule is CCOc1c(Br)cc(/C=C2\S[C@@H](Nc3ccc(CC)cc3)NC2=O)cc1Br.